The third-order valence-corrected chi connectivity index (χ3v) is 5.51. The van der Waals surface area contributed by atoms with Crippen molar-refractivity contribution in [1.29, 1.82) is 0 Å². The Hall–Kier alpha value is -3.79. The highest BCUT2D eigenvalue weighted by atomic mass is 16.5. The molecule has 32 heavy (non-hydrogen) atoms. The molecular weight excluding hydrogens is 398 g/mol. The maximum Gasteiger partial charge on any atom is 0.248 e. The fourth-order valence-corrected chi connectivity index (χ4v) is 3.75. The third kappa shape index (κ3) is 4.45. The highest BCUT2D eigenvalue weighted by Crippen LogP contribution is 2.37. The van der Waals surface area contributed by atoms with E-state index < -0.39 is 0 Å². The molecule has 4 heteroatoms. The number of benzene rings is 3. The summed E-state index contributed by atoms with van der Waals surface area (Å²) in [5.74, 6) is 0.521. The van der Waals surface area contributed by atoms with Gasteiger partial charge in [0.1, 0.15) is 11.3 Å². The fraction of sp³-hybridized carbons (Fsp3) is 0.179. The van der Waals surface area contributed by atoms with Gasteiger partial charge in [0.15, 0.2) is 0 Å². The SMILES string of the molecule is CCOc1cc2occ(-c3ccc(C)cc3)c2cc1/C(C)=C/C(=O)Nc1ccccc1C. The van der Waals surface area contributed by atoms with Crippen molar-refractivity contribution in [2.45, 2.75) is 27.7 Å². The number of fused-ring (bicyclic) bond motifs is 1. The van der Waals surface area contributed by atoms with Gasteiger partial charge in [-0.15, -0.1) is 0 Å². The zero-order valence-corrected chi connectivity index (χ0v) is 18.9. The standard InChI is InChI=1S/C28H27NO3/c1-5-31-26-16-27-23(24(17-32-27)21-12-10-18(2)11-13-21)15-22(26)20(4)14-28(30)29-25-9-7-6-8-19(25)3/h6-17H,5H2,1-4H3,(H,29,30)/b20-14+. The van der Waals surface area contributed by atoms with E-state index in [1.807, 2.05) is 57.2 Å². The smallest absolute Gasteiger partial charge is 0.248 e. The molecule has 0 saturated heterocycles. The number of nitrogens with one attached hydrogen (secondary N) is 1. The highest BCUT2D eigenvalue weighted by molar-refractivity contribution is 6.05. The average Bonchev–Trinajstić information content (AvgIpc) is 3.18. The zero-order chi connectivity index (χ0) is 22.7. The first-order chi connectivity index (χ1) is 15.5. The van der Waals surface area contributed by atoms with Gasteiger partial charge in [0.25, 0.3) is 0 Å². The number of anilines is 1. The lowest BCUT2D eigenvalue weighted by molar-refractivity contribution is -0.111. The largest absolute Gasteiger partial charge is 0.493 e. The van der Waals surface area contributed by atoms with E-state index in [2.05, 4.69) is 36.5 Å². The van der Waals surface area contributed by atoms with E-state index in [1.54, 1.807) is 12.3 Å². The molecule has 0 aliphatic rings. The molecule has 0 saturated carbocycles. The van der Waals surface area contributed by atoms with Gasteiger partial charge < -0.3 is 14.5 Å². The van der Waals surface area contributed by atoms with Crippen LogP contribution in [0.4, 0.5) is 5.69 Å². The van der Waals surface area contributed by atoms with E-state index in [-0.39, 0.29) is 5.91 Å². The van der Waals surface area contributed by atoms with E-state index >= 15 is 0 Å². The first-order valence-corrected chi connectivity index (χ1v) is 10.8. The van der Waals surface area contributed by atoms with Gasteiger partial charge in [-0.2, -0.15) is 0 Å². The summed E-state index contributed by atoms with van der Waals surface area (Å²) in [6, 6.07) is 20.0. The molecule has 4 nitrogen and oxygen atoms in total. The summed E-state index contributed by atoms with van der Waals surface area (Å²) in [5, 5.41) is 3.95. The van der Waals surface area contributed by atoms with Crippen molar-refractivity contribution >= 4 is 28.1 Å². The normalized spacial score (nSPS) is 11.6. The second-order valence-electron chi connectivity index (χ2n) is 7.92. The zero-order valence-electron chi connectivity index (χ0n) is 18.9. The molecule has 4 aromatic rings. The van der Waals surface area contributed by atoms with Crippen LogP contribution in [0, 0.1) is 13.8 Å². The molecule has 0 radical (unpaired) electrons. The molecule has 1 amide bonds. The average molecular weight is 426 g/mol. The van der Waals surface area contributed by atoms with Crippen molar-refractivity contribution in [3.05, 3.63) is 89.7 Å². The van der Waals surface area contributed by atoms with E-state index in [0.717, 1.165) is 44.5 Å². The van der Waals surface area contributed by atoms with Crippen LogP contribution in [0.1, 0.15) is 30.5 Å². The van der Waals surface area contributed by atoms with Gasteiger partial charge in [0, 0.05) is 34.3 Å². The second kappa shape index (κ2) is 9.15. The number of amides is 1. The number of aryl methyl sites for hydroxylation is 2. The lowest BCUT2D eigenvalue weighted by Gasteiger charge is -2.12. The van der Waals surface area contributed by atoms with Crippen LogP contribution in [-0.4, -0.2) is 12.5 Å². The summed E-state index contributed by atoms with van der Waals surface area (Å²) in [4.78, 5) is 12.7. The first kappa shape index (κ1) is 21.4. The van der Waals surface area contributed by atoms with E-state index in [4.69, 9.17) is 9.15 Å². The van der Waals surface area contributed by atoms with E-state index in [1.165, 1.54) is 5.56 Å². The molecule has 3 aromatic carbocycles. The number of hydrogen-bond acceptors (Lipinski definition) is 3. The van der Waals surface area contributed by atoms with Crippen molar-refractivity contribution in [3.8, 4) is 16.9 Å². The Morgan fingerprint density at radius 1 is 1.06 bits per heavy atom. The number of para-hydroxylation sites is 1. The molecule has 0 aliphatic heterocycles. The number of rotatable bonds is 6. The van der Waals surface area contributed by atoms with Crippen molar-refractivity contribution in [2.75, 3.05) is 11.9 Å². The van der Waals surface area contributed by atoms with Crippen LogP contribution >= 0.6 is 0 Å². The van der Waals surface area contributed by atoms with Gasteiger partial charge in [-0.05, 0) is 56.5 Å². The van der Waals surface area contributed by atoms with Crippen LogP contribution in [0.5, 0.6) is 5.75 Å². The monoisotopic (exact) mass is 425 g/mol. The van der Waals surface area contributed by atoms with E-state index in [0.29, 0.717) is 12.4 Å². The number of carbonyl (C=O) groups excluding carboxylic acids is 1. The molecule has 0 aliphatic carbocycles. The molecule has 162 valence electrons. The molecule has 0 atom stereocenters. The van der Waals surface area contributed by atoms with Crippen LogP contribution in [-0.2, 0) is 4.79 Å². The second-order valence-corrected chi connectivity index (χ2v) is 7.92. The minimum absolute atomic E-state index is 0.176. The Bertz CT molecular complexity index is 1300. The molecule has 4 rings (SSSR count). The molecule has 0 fully saturated rings. The van der Waals surface area contributed by atoms with Crippen LogP contribution < -0.4 is 10.1 Å². The van der Waals surface area contributed by atoms with Crippen molar-refractivity contribution in [3.63, 3.8) is 0 Å². The number of allylic oxidation sites excluding steroid dienone is 1. The fourth-order valence-electron chi connectivity index (χ4n) is 3.75. The van der Waals surface area contributed by atoms with Crippen LogP contribution in [0.25, 0.3) is 27.7 Å². The predicted octanol–water partition coefficient (Wildman–Crippen LogP) is 7.16. The summed E-state index contributed by atoms with van der Waals surface area (Å²) in [6.45, 7) is 8.43. The number of hydrogen-bond donors (Lipinski definition) is 1. The van der Waals surface area contributed by atoms with Gasteiger partial charge in [0.05, 0.1) is 12.9 Å². The maximum absolute atomic E-state index is 12.7. The Balaban J connectivity index is 1.73. The highest BCUT2D eigenvalue weighted by Gasteiger charge is 2.15. The molecular formula is C28H27NO3. The molecule has 1 N–H and O–H groups in total. The molecule has 0 unspecified atom stereocenters. The molecule has 1 aromatic heterocycles. The van der Waals surface area contributed by atoms with Crippen LogP contribution in [0.2, 0.25) is 0 Å². The van der Waals surface area contributed by atoms with E-state index in [9.17, 15) is 4.79 Å². The van der Waals surface area contributed by atoms with Gasteiger partial charge in [-0.3, -0.25) is 4.79 Å². The van der Waals surface area contributed by atoms with Crippen LogP contribution in [0.3, 0.4) is 0 Å². The first-order valence-electron chi connectivity index (χ1n) is 10.8. The predicted molar refractivity (Wildman–Crippen MR) is 131 cm³/mol. The van der Waals surface area contributed by atoms with Gasteiger partial charge in [-0.1, -0.05) is 48.0 Å². The number of ether oxygens (including phenoxy) is 1. The topological polar surface area (TPSA) is 51.5 Å². The lowest BCUT2D eigenvalue weighted by atomic mass is 9.98. The quantitative estimate of drug-likeness (QED) is 0.334. The van der Waals surface area contributed by atoms with Crippen LogP contribution in [0.15, 0.2) is 77.4 Å². The van der Waals surface area contributed by atoms with Crippen molar-refractivity contribution in [2.24, 2.45) is 0 Å². The molecule has 0 bridgehead atoms. The Morgan fingerprint density at radius 2 is 1.81 bits per heavy atom. The lowest BCUT2D eigenvalue weighted by Crippen LogP contribution is -2.09. The third-order valence-electron chi connectivity index (χ3n) is 5.51. The minimum atomic E-state index is -0.176. The maximum atomic E-state index is 12.7. The van der Waals surface area contributed by atoms with Gasteiger partial charge in [0.2, 0.25) is 5.91 Å². The molecule has 1 heterocycles. The Labute approximate surface area is 188 Å². The summed E-state index contributed by atoms with van der Waals surface area (Å²) in [7, 11) is 0. The van der Waals surface area contributed by atoms with Crippen molar-refractivity contribution < 1.29 is 13.9 Å². The summed E-state index contributed by atoms with van der Waals surface area (Å²) in [5.41, 5.74) is 7.57. The van der Waals surface area contributed by atoms with Gasteiger partial charge >= 0.3 is 0 Å². The minimum Gasteiger partial charge on any atom is -0.493 e. The Kier molecular flexibility index (Phi) is 6.13. The van der Waals surface area contributed by atoms with Crippen molar-refractivity contribution in [1.82, 2.24) is 0 Å². The van der Waals surface area contributed by atoms with Gasteiger partial charge in [-0.25, -0.2) is 0 Å². The Morgan fingerprint density at radius 3 is 2.53 bits per heavy atom. The number of furan rings is 1. The number of carbonyl (C=O) groups is 1. The summed E-state index contributed by atoms with van der Waals surface area (Å²) in [6.07, 6.45) is 3.39. The summed E-state index contributed by atoms with van der Waals surface area (Å²) < 4.78 is 11.7. The summed E-state index contributed by atoms with van der Waals surface area (Å²) >= 11 is 0. The molecule has 0 spiro atoms.